The van der Waals surface area contributed by atoms with Crippen LogP contribution in [0.25, 0.3) is 0 Å². The maximum Gasteiger partial charge on any atom is 0.0628 e. The van der Waals surface area contributed by atoms with Crippen LogP contribution in [0, 0.1) is 0 Å². The molecule has 2 heteroatoms. The van der Waals surface area contributed by atoms with E-state index in [2.05, 4.69) is 41.3 Å². The zero-order valence-corrected chi connectivity index (χ0v) is 11.7. The molecule has 1 aliphatic rings. The van der Waals surface area contributed by atoms with Gasteiger partial charge in [0.05, 0.1) is 12.6 Å². The van der Waals surface area contributed by atoms with Gasteiger partial charge in [-0.25, -0.2) is 0 Å². The highest BCUT2D eigenvalue weighted by atomic mass is 16.3. The molecule has 0 spiro atoms. The highest BCUT2D eigenvalue weighted by molar-refractivity contribution is 5.29. The van der Waals surface area contributed by atoms with Gasteiger partial charge in [0, 0.05) is 6.54 Å². The second-order valence-electron chi connectivity index (χ2n) is 5.45. The molecule has 0 radical (unpaired) electrons. The first-order valence-electron chi connectivity index (χ1n) is 7.35. The molecule has 2 aromatic carbocycles. The predicted molar refractivity (Wildman–Crippen MR) is 81.4 cm³/mol. The lowest BCUT2D eigenvalue weighted by Gasteiger charge is -2.29. The van der Waals surface area contributed by atoms with Gasteiger partial charge in [-0.2, -0.15) is 0 Å². The fourth-order valence-corrected chi connectivity index (χ4v) is 3.10. The van der Waals surface area contributed by atoms with Gasteiger partial charge in [0.15, 0.2) is 0 Å². The molecule has 0 unspecified atom stereocenters. The summed E-state index contributed by atoms with van der Waals surface area (Å²) in [7, 11) is 0. The Bertz CT molecular complexity index is 552. The van der Waals surface area contributed by atoms with Crippen molar-refractivity contribution >= 4 is 0 Å². The van der Waals surface area contributed by atoms with Crippen molar-refractivity contribution in [1.29, 1.82) is 0 Å². The first-order chi connectivity index (χ1) is 9.88. The largest absolute Gasteiger partial charge is 0.394 e. The van der Waals surface area contributed by atoms with Crippen LogP contribution in [0.2, 0.25) is 0 Å². The summed E-state index contributed by atoms with van der Waals surface area (Å²) in [4.78, 5) is 2.40. The van der Waals surface area contributed by atoms with E-state index in [1.54, 1.807) is 0 Å². The monoisotopic (exact) mass is 267 g/mol. The molecule has 0 amide bonds. The summed E-state index contributed by atoms with van der Waals surface area (Å²) in [6.07, 6.45) is 2.29. The summed E-state index contributed by atoms with van der Waals surface area (Å²) in [6.45, 7) is 2.14. The molecule has 1 atom stereocenters. The van der Waals surface area contributed by atoms with Crippen molar-refractivity contribution in [1.82, 2.24) is 4.90 Å². The zero-order valence-electron chi connectivity index (χ0n) is 11.7. The fraction of sp³-hybridized carbons (Fsp3) is 0.333. The van der Waals surface area contributed by atoms with Crippen molar-refractivity contribution in [2.45, 2.75) is 25.4 Å². The van der Waals surface area contributed by atoms with Gasteiger partial charge in [0.25, 0.3) is 0 Å². The Morgan fingerprint density at radius 3 is 2.40 bits per heavy atom. The molecule has 3 rings (SSSR count). The molecule has 1 aliphatic heterocycles. The lowest BCUT2D eigenvalue weighted by Crippen LogP contribution is -2.31. The lowest BCUT2D eigenvalue weighted by molar-refractivity contribution is 0.118. The van der Waals surface area contributed by atoms with E-state index in [4.69, 9.17) is 0 Å². The number of fused-ring (bicyclic) bond motifs is 1. The second kappa shape index (κ2) is 6.21. The molecule has 0 aromatic heterocycles. The minimum atomic E-state index is 0.0994. The van der Waals surface area contributed by atoms with Crippen LogP contribution in [0.15, 0.2) is 54.6 Å². The minimum absolute atomic E-state index is 0.0994. The van der Waals surface area contributed by atoms with Gasteiger partial charge in [-0.15, -0.1) is 0 Å². The summed E-state index contributed by atoms with van der Waals surface area (Å²) in [5, 5.41) is 9.83. The van der Waals surface area contributed by atoms with Crippen LogP contribution in [0.4, 0.5) is 0 Å². The molecule has 0 bridgehead atoms. The lowest BCUT2D eigenvalue weighted by atomic mass is 10.0. The normalized spacial score (nSPS) is 17.2. The Kier molecular flexibility index (Phi) is 4.14. The topological polar surface area (TPSA) is 23.5 Å². The van der Waals surface area contributed by atoms with E-state index in [1.807, 2.05) is 18.2 Å². The SMILES string of the molecule is OC[C@@H](c1ccccc1)N1CCCc2ccccc2C1. The molecule has 2 aromatic rings. The summed E-state index contributed by atoms with van der Waals surface area (Å²) in [5.41, 5.74) is 4.06. The smallest absolute Gasteiger partial charge is 0.0628 e. The van der Waals surface area contributed by atoms with Gasteiger partial charge in [-0.05, 0) is 36.1 Å². The summed E-state index contributed by atoms with van der Waals surface area (Å²) in [6, 6.07) is 19.1. The zero-order chi connectivity index (χ0) is 13.8. The van der Waals surface area contributed by atoms with Crippen LogP contribution in [0.1, 0.15) is 29.2 Å². The van der Waals surface area contributed by atoms with Gasteiger partial charge in [0.2, 0.25) is 0 Å². The van der Waals surface area contributed by atoms with E-state index in [-0.39, 0.29) is 12.6 Å². The van der Waals surface area contributed by atoms with Crippen molar-refractivity contribution in [2.24, 2.45) is 0 Å². The van der Waals surface area contributed by atoms with Crippen LogP contribution >= 0.6 is 0 Å². The summed E-state index contributed by atoms with van der Waals surface area (Å²) >= 11 is 0. The van der Waals surface area contributed by atoms with E-state index >= 15 is 0 Å². The third-order valence-electron chi connectivity index (χ3n) is 4.18. The number of nitrogens with zero attached hydrogens (tertiary/aromatic N) is 1. The van der Waals surface area contributed by atoms with Crippen LogP contribution in [-0.2, 0) is 13.0 Å². The average Bonchev–Trinajstić information content (AvgIpc) is 2.71. The number of aliphatic hydroxyl groups excluding tert-OH is 1. The van der Waals surface area contributed by atoms with Crippen LogP contribution in [0.3, 0.4) is 0 Å². The van der Waals surface area contributed by atoms with Crippen LogP contribution < -0.4 is 0 Å². The molecular formula is C18H21NO. The molecule has 1 N–H and O–H groups in total. The van der Waals surface area contributed by atoms with Crippen LogP contribution in [-0.4, -0.2) is 23.2 Å². The molecule has 0 aliphatic carbocycles. The number of aryl methyl sites for hydroxylation is 1. The van der Waals surface area contributed by atoms with E-state index in [9.17, 15) is 5.11 Å². The third-order valence-corrected chi connectivity index (χ3v) is 4.18. The Morgan fingerprint density at radius 2 is 1.65 bits per heavy atom. The molecule has 2 nitrogen and oxygen atoms in total. The average molecular weight is 267 g/mol. The number of aliphatic hydroxyl groups is 1. The molecule has 0 saturated carbocycles. The highest BCUT2D eigenvalue weighted by Crippen LogP contribution is 2.26. The highest BCUT2D eigenvalue weighted by Gasteiger charge is 2.22. The summed E-state index contributed by atoms with van der Waals surface area (Å²) < 4.78 is 0. The van der Waals surface area contributed by atoms with E-state index in [0.717, 1.165) is 25.9 Å². The summed E-state index contributed by atoms with van der Waals surface area (Å²) in [5.74, 6) is 0. The van der Waals surface area contributed by atoms with Crippen molar-refractivity contribution in [3.05, 3.63) is 71.3 Å². The standard InChI is InChI=1S/C18H21NO/c20-14-18(16-8-2-1-3-9-16)19-12-6-11-15-7-4-5-10-17(15)13-19/h1-5,7-10,18,20H,6,11-14H2/t18-/m0/s1. The number of hydrogen-bond acceptors (Lipinski definition) is 2. The van der Waals surface area contributed by atoms with Gasteiger partial charge >= 0.3 is 0 Å². The van der Waals surface area contributed by atoms with Crippen molar-refractivity contribution < 1.29 is 5.11 Å². The Hall–Kier alpha value is -1.64. The van der Waals surface area contributed by atoms with Crippen LogP contribution in [0.5, 0.6) is 0 Å². The van der Waals surface area contributed by atoms with Crippen molar-refractivity contribution in [3.8, 4) is 0 Å². The first kappa shape index (κ1) is 13.3. The molecule has 0 saturated heterocycles. The van der Waals surface area contributed by atoms with E-state index < -0.39 is 0 Å². The minimum Gasteiger partial charge on any atom is -0.394 e. The van der Waals surface area contributed by atoms with Gasteiger partial charge < -0.3 is 5.11 Å². The molecule has 1 heterocycles. The van der Waals surface area contributed by atoms with Gasteiger partial charge in [0.1, 0.15) is 0 Å². The van der Waals surface area contributed by atoms with Gasteiger partial charge in [-0.3, -0.25) is 4.90 Å². The molecule has 104 valence electrons. The quantitative estimate of drug-likeness (QED) is 0.923. The van der Waals surface area contributed by atoms with E-state index in [1.165, 1.54) is 16.7 Å². The fourth-order valence-electron chi connectivity index (χ4n) is 3.10. The van der Waals surface area contributed by atoms with Crippen molar-refractivity contribution in [3.63, 3.8) is 0 Å². The maximum atomic E-state index is 9.83. The maximum absolute atomic E-state index is 9.83. The molecular weight excluding hydrogens is 246 g/mol. The molecule has 0 fully saturated rings. The number of rotatable bonds is 3. The first-order valence-corrected chi connectivity index (χ1v) is 7.35. The second-order valence-corrected chi connectivity index (χ2v) is 5.45. The number of benzene rings is 2. The predicted octanol–water partition coefficient (Wildman–Crippen LogP) is 3.17. The van der Waals surface area contributed by atoms with E-state index in [0.29, 0.717) is 0 Å². The Labute approximate surface area is 120 Å². The third kappa shape index (κ3) is 2.77. The Balaban J connectivity index is 1.86. The number of hydrogen-bond donors (Lipinski definition) is 1. The van der Waals surface area contributed by atoms with Crippen molar-refractivity contribution in [2.75, 3.05) is 13.2 Å². The van der Waals surface area contributed by atoms with Gasteiger partial charge in [-0.1, -0.05) is 54.6 Å². The molecule has 20 heavy (non-hydrogen) atoms. The Morgan fingerprint density at radius 1 is 0.950 bits per heavy atom.